The van der Waals surface area contributed by atoms with Gasteiger partial charge in [0.05, 0.1) is 5.54 Å². The monoisotopic (exact) mass is 297 g/mol. The van der Waals surface area contributed by atoms with Crippen molar-refractivity contribution < 1.29 is 4.79 Å². The third-order valence-corrected chi connectivity index (χ3v) is 5.32. The first-order valence-corrected chi connectivity index (χ1v) is 8.68. The number of nitrogens with two attached hydrogens (primary N) is 1. The van der Waals surface area contributed by atoms with Crippen LogP contribution in [0.5, 0.6) is 0 Å². The average molecular weight is 297 g/mol. The number of primary amides is 1. The van der Waals surface area contributed by atoms with Crippen molar-refractivity contribution >= 4 is 5.91 Å². The second-order valence-electron chi connectivity index (χ2n) is 6.89. The summed E-state index contributed by atoms with van der Waals surface area (Å²) in [4.78, 5) is 14.1. The maximum Gasteiger partial charge on any atom is 0.237 e. The molecule has 4 nitrogen and oxygen atoms in total. The topological polar surface area (TPSA) is 58.4 Å². The van der Waals surface area contributed by atoms with Gasteiger partial charge in [0.2, 0.25) is 5.91 Å². The maximum atomic E-state index is 11.6. The SMILES string of the molecule is CCNC(C)(CCCN(C)C1CCC(CC)CC1)C(N)=O. The number of nitrogens with one attached hydrogen (secondary N) is 1. The van der Waals surface area contributed by atoms with Gasteiger partial charge in [0.25, 0.3) is 0 Å². The number of hydrogen-bond donors (Lipinski definition) is 2. The number of nitrogens with zero attached hydrogens (tertiary/aromatic N) is 1. The summed E-state index contributed by atoms with van der Waals surface area (Å²) in [6.07, 6.45) is 8.56. The number of hydrogen-bond acceptors (Lipinski definition) is 3. The summed E-state index contributed by atoms with van der Waals surface area (Å²) in [6, 6.07) is 0.728. The largest absolute Gasteiger partial charge is 0.368 e. The van der Waals surface area contributed by atoms with Crippen molar-refractivity contribution in [3.05, 3.63) is 0 Å². The van der Waals surface area contributed by atoms with E-state index in [0.717, 1.165) is 37.9 Å². The summed E-state index contributed by atoms with van der Waals surface area (Å²) >= 11 is 0. The smallest absolute Gasteiger partial charge is 0.237 e. The summed E-state index contributed by atoms with van der Waals surface area (Å²) in [7, 11) is 2.23. The number of carbonyl (C=O) groups is 1. The lowest BCUT2D eigenvalue weighted by Gasteiger charge is -2.35. The van der Waals surface area contributed by atoms with Gasteiger partial charge in [-0.2, -0.15) is 0 Å². The Balaban J connectivity index is 2.32. The lowest BCUT2D eigenvalue weighted by Crippen LogP contribution is -2.53. The predicted octanol–water partition coefficient (Wildman–Crippen LogP) is 2.52. The molecule has 0 aromatic heterocycles. The normalized spacial score (nSPS) is 25.8. The van der Waals surface area contributed by atoms with E-state index in [4.69, 9.17) is 5.73 Å². The molecule has 124 valence electrons. The lowest BCUT2D eigenvalue weighted by molar-refractivity contribution is -0.124. The molecule has 4 heteroatoms. The van der Waals surface area contributed by atoms with Crippen molar-refractivity contribution in [2.45, 2.75) is 77.3 Å². The minimum absolute atomic E-state index is 0.240. The highest BCUT2D eigenvalue weighted by atomic mass is 16.1. The van der Waals surface area contributed by atoms with E-state index in [-0.39, 0.29) is 5.91 Å². The Labute approximate surface area is 130 Å². The average Bonchev–Trinajstić information content (AvgIpc) is 2.47. The molecule has 0 aromatic carbocycles. The van der Waals surface area contributed by atoms with Crippen molar-refractivity contribution in [1.82, 2.24) is 10.2 Å². The van der Waals surface area contributed by atoms with E-state index in [1.807, 2.05) is 13.8 Å². The summed E-state index contributed by atoms with van der Waals surface area (Å²) in [6.45, 7) is 8.07. The third kappa shape index (κ3) is 5.59. The Morgan fingerprint density at radius 1 is 1.29 bits per heavy atom. The number of amides is 1. The van der Waals surface area contributed by atoms with Crippen LogP contribution in [0.15, 0.2) is 0 Å². The minimum Gasteiger partial charge on any atom is -0.368 e. The molecule has 1 atom stereocenters. The first-order valence-electron chi connectivity index (χ1n) is 8.68. The molecule has 1 aliphatic carbocycles. The maximum absolute atomic E-state index is 11.6. The van der Waals surface area contributed by atoms with Gasteiger partial charge in [0, 0.05) is 6.04 Å². The summed E-state index contributed by atoms with van der Waals surface area (Å²) in [5, 5.41) is 3.23. The molecule has 1 unspecified atom stereocenters. The Kier molecular flexibility index (Phi) is 7.67. The first kappa shape index (κ1) is 18.4. The molecule has 3 N–H and O–H groups in total. The van der Waals surface area contributed by atoms with E-state index in [1.165, 1.54) is 32.1 Å². The van der Waals surface area contributed by atoms with E-state index in [0.29, 0.717) is 0 Å². The van der Waals surface area contributed by atoms with Crippen LogP contribution < -0.4 is 11.1 Å². The van der Waals surface area contributed by atoms with E-state index < -0.39 is 5.54 Å². The fourth-order valence-corrected chi connectivity index (χ4v) is 3.55. The third-order valence-electron chi connectivity index (χ3n) is 5.32. The molecule has 1 amide bonds. The molecule has 0 aliphatic heterocycles. The highest BCUT2D eigenvalue weighted by molar-refractivity contribution is 5.84. The van der Waals surface area contributed by atoms with Crippen LogP contribution in [0.25, 0.3) is 0 Å². The van der Waals surface area contributed by atoms with Gasteiger partial charge in [-0.3, -0.25) is 4.79 Å². The van der Waals surface area contributed by atoms with Crippen LogP contribution in [0.2, 0.25) is 0 Å². The molecule has 21 heavy (non-hydrogen) atoms. The lowest BCUT2D eigenvalue weighted by atomic mass is 9.84. The fraction of sp³-hybridized carbons (Fsp3) is 0.941. The Morgan fingerprint density at radius 2 is 1.90 bits per heavy atom. The summed E-state index contributed by atoms with van der Waals surface area (Å²) in [5.74, 6) is 0.706. The zero-order valence-electron chi connectivity index (χ0n) is 14.5. The van der Waals surface area contributed by atoms with E-state index >= 15 is 0 Å². The highest BCUT2D eigenvalue weighted by Gasteiger charge is 2.30. The van der Waals surface area contributed by atoms with Gasteiger partial charge >= 0.3 is 0 Å². The van der Waals surface area contributed by atoms with Crippen molar-refractivity contribution in [2.75, 3.05) is 20.1 Å². The van der Waals surface area contributed by atoms with Crippen LogP contribution >= 0.6 is 0 Å². The van der Waals surface area contributed by atoms with Crippen molar-refractivity contribution in [3.8, 4) is 0 Å². The number of carbonyl (C=O) groups excluding carboxylic acids is 1. The Morgan fingerprint density at radius 3 is 2.38 bits per heavy atom. The summed E-state index contributed by atoms with van der Waals surface area (Å²) in [5.41, 5.74) is 4.97. The predicted molar refractivity (Wildman–Crippen MR) is 89.2 cm³/mol. The zero-order valence-corrected chi connectivity index (χ0v) is 14.5. The molecule has 0 heterocycles. The molecule has 0 radical (unpaired) electrons. The van der Waals surface area contributed by atoms with Crippen LogP contribution in [-0.2, 0) is 4.79 Å². The molecule has 1 aliphatic rings. The van der Waals surface area contributed by atoms with Gasteiger partial charge in [0.1, 0.15) is 0 Å². The molecule has 1 fully saturated rings. The fourth-order valence-electron chi connectivity index (χ4n) is 3.55. The molecule has 1 saturated carbocycles. The van der Waals surface area contributed by atoms with Crippen LogP contribution in [0, 0.1) is 5.92 Å². The van der Waals surface area contributed by atoms with Gasteiger partial charge in [-0.25, -0.2) is 0 Å². The van der Waals surface area contributed by atoms with E-state index in [9.17, 15) is 4.79 Å². The standard InChI is InChI=1S/C17H35N3O/c1-5-14-8-10-15(11-9-14)20(4)13-7-12-17(3,16(18)21)19-6-2/h14-15,19H,5-13H2,1-4H3,(H2,18,21). The number of rotatable bonds is 9. The summed E-state index contributed by atoms with van der Waals surface area (Å²) < 4.78 is 0. The second-order valence-corrected chi connectivity index (χ2v) is 6.89. The van der Waals surface area contributed by atoms with Crippen LogP contribution in [0.1, 0.15) is 65.7 Å². The van der Waals surface area contributed by atoms with Gasteiger partial charge in [0.15, 0.2) is 0 Å². The first-order chi connectivity index (χ1) is 9.92. The Bertz CT molecular complexity index is 313. The van der Waals surface area contributed by atoms with Gasteiger partial charge in [-0.05, 0) is 71.5 Å². The van der Waals surface area contributed by atoms with E-state index in [2.05, 4.69) is 24.2 Å². The molecule has 0 bridgehead atoms. The van der Waals surface area contributed by atoms with E-state index in [1.54, 1.807) is 0 Å². The van der Waals surface area contributed by atoms with Crippen molar-refractivity contribution in [1.29, 1.82) is 0 Å². The highest BCUT2D eigenvalue weighted by Crippen LogP contribution is 2.29. The molecular formula is C17H35N3O. The number of likely N-dealkylation sites (N-methyl/N-ethyl adjacent to an activating group) is 1. The Hall–Kier alpha value is -0.610. The van der Waals surface area contributed by atoms with Crippen molar-refractivity contribution in [2.24, 2.45) is 11.7 Å². The van der Waals surface area contributed by atoms with Crippen LogP contribution in [0.3, 0.4) is 0 Å². The molecule has 0 saturated heterocycles. The van der Waals surface area contributed by atoms with Crippen molar-refractivity contribution in [3.63, 3.8) is 0 Å². The van der Waals surface area contributed by atoms with Crippen LogP contribution in [-0.4, -0.2) is 42.5 Å². The molecule has 0 aromatic rings. The zero-order chi connectivity index (χ0) is 15.9. The minimum atomic E-state index is -0.560. The molecule has 1 rings (SSSR count). The van der Waals surface area contributed by atoms with Gasteiger partial charge < -0.3 is 16.0 Å². The molecular weight excluding hydrogens is 262 g/mol. The van der Waals surface area contributed by atoms with Crippen LogP contribution in [0.4, 0.5) is 0 Å². The van der Waals surface area contributed by atoms with Gasteiger partial charge in [-0.15, -0.1) is 0 Å². The second kappa shape index (κ2) is 8.74. The molecule has 0 spiro atoms. The quantitative estimate of drug-likeness (QED) is 0.687. The van der Waals surface area contributed by atoms with Gasteiger partial charge in [-0.1, -0.05) is 20.3 Å².